The van der Waals surface area contributed by atoms with Crippen LogP contribution >= 0.6 is 39.0 Å². The molecule has 0 radical (unpaired) electrons. The number of nitrogens with one attached hydrogen (secondary N) is 1. The predicted molar refractivity (Wildman–Crippen MR) is 113 cm³/mol. The number of halogens is 1. The highest BCUT2D eigenvalue weighted by molar-refractivity contribution is 9.10. The van der Waals surface area contributed by atoms with Crippen LogP contribution in [0.5, 0.6) is 0 Å². The molecule has 2 rings (SSSR count). The fraction of sp³-hybridized carbons (Fsp3) is 0.294. The summed E-state index contributed by atoms with van der Waals surface area (Å²) in [5.74, 6) is 0. The molecule has 1 aromatic heterocycles. The number of nitrogens with zero attached hydrogens (tertiary/aromatic N) is 1. The Morgan fingerprint density at radius 1 is 1.33 bits per heavy atom. The van der Waals surface area contributed by atoms with Gasteiger partial charge in [-0.1, -0.05) is 22.0 Å². The molecule has 27 heavy (non-hydrogen) atoms. The molecule has 1 N–H and O–H groups in total. The molecular weight excluding hydrogens is 472 g/mol. The van der Waals surface area contributed by atoms with E-state index >= 15 is 0 Å². The van der Waals surface area contributed by atoms with Gasteiger partial charge in [0.1, 0.15) is 10.6 Å². The van der Waals surface area contributed by atoms with Gasteiger partial charge in [0.2, 0.25) is 9.84 Å². The van der Waals surface area contributed by atoms with Crippen LogP contribution in [0.3, 0.4) is 0 Å². The number of benzene rings is 1. The number of thioether (sulfide) groups is 1. The monoisotopic (exact) mass is 490 g/mol. The molecule has 0 aliphatic rings. The number of amides is 1. The molecule has 1 aromatic carbocycles. The van der Waals surface area contributed by atoms with Crippen molar-refractivity contribution in [2.24, 2.45) is 4.99 Å². The van der Waals surface area contributed by atoms with Gasteiger partial charge in [0.25, 0.3) is 0 Å². The van der Waals surface area contributed by atoms with E-state index in [4.69, 9.17) is 4.74 Å². The van der Waals surface area contributed by atoms with Crippen molar-refractivity contribution in [2.45, 2.75) is 40.4 Å². The van der Waals surface area contributed by atoms with Crippen LogP contribution in [-0.2, 0) is 14.6 Å². The lowest BCUT2D eigenvalue weighted by Crippen LogP contribution is -2.31. The maximum Gasteiger partial charge on any atom is 0.412 e. The number of aliphatic imine (C=N–C) groups is 1. The molecule has 0 aliphatic carbocycles. The smallest absolute Gasteiger partial charge is 0.412 e. The zero-order chi connectivity index (χ0) is 20.2. The Morgan fingerprint density at radius 2 is 2.04 bits per heavy atom. The Labute approximate surface area is 175 Å². The van der Waals surface area contributed by atoms with E-state index in [0.29, 0.717) is 13.7 Å². The number of hydrogen-bond donors (Lipinski definition) is 1. The summed E-state index contributed by atoms with van der Waals surface area (Å²) in [6.07, 6.45) is 2.37. The Hall–Kier alpha value is -1.36. The maximum atomic E-state index is 12.9. The van der Waals surface area contributed by atoms with E-state index in [1.54, 1.807) is 51.3 Å². The third-order valence-corrected chi connectivity index (χ3v) is 7.71. The van der Waals surface area contributed by atoms with Crippen LogP contribution in [0.15, 0.2) is 53.8 Å². The number of rotatable bonds is 5. The van der Waals surface area contributed by atoms with Crippen molar-refractivity contribution < 1.29 is 17.9 Å². The second-order valence-corrected chi connectivity index (χ2v) is 11.2. The molecule has 0 aliphatic heterocycles. The predicted octanol–water partition coefficient (Wildman–Crippen LogP) is 5.25. The molecule has 1 amide bonds. The van der Waals surface area contributed by atoms with E-state index < -0.39 is 21.5 Å². The summed E-state index contributed by atoms with van der Waals surface area (Å²) in [4.78, 5) is 16.2. The molecule has 0 fully saturated rings. The van der Waals surface area contributed by atoms with Gasteiger partial charge in [0.05, 0.1) is 20.3 Å². The topological polar surface area (TPSA) is 84.8 Å². The number of sulfone groups is 1. The van der Waals surface area contributed by atoms with Gasteiger partial charge in [-0.25, -0.2) is 18.2 Å². The van der Waals surface area contributed by atoms with Crippen molar-refractivity contribution in [3.05, 3.63) is 34.8 Å². The molecule has 1 heterocycles. The third kappa shape index (κ3) is 6.06. The van der Waals surface area contributed by atoms with E-state index in [-0.39, 0.29) is 9.79 Å². The Kier molecular flexibility index (Phi) is 7.12. The van der Waals surface area contributed by atoms with E-state index in [1.165, 1.54) is 35.5 Å². The van der Waals surface area contributed by atoms with Crippen LogP contribution in [0, 0.1) is 0 Å². The molecule has 0 bridgehead atoms. The van der Waals surface area contributed by atoms with E-state index in [0.717, 1.165) is 0 Å². The van der Waals surface area contributed by atoms with Gasteiger partial charge in [-0.3, -0.25) is 5.32 Å². The van der Waals surface area contributed by atoms with Crippen molar-refractivity contribution in [2.75, 3.05) is 6.26 Å². The summed E-state index contributed by atoms with van der Waals surface area (Å²) in [6, 6.07) is 8.05. The first kappa shape index (κ1) is 21.9. The van der Waals surface area contributed by atoms with Crippen molar-refractivity contribution in [1.82, 2.24) is 5.32 Å². The van der Waals surface area contributed by atoms with Crippen molar-refractivity contribution in [1.29, 1.82) is 0 Å². The quantitative estimate of drug-likeness (QED) is 0.351. The van der Waals surface area contributed by atoms with Gasteiger partial charge in [0.15, 0.2) is 0 Å². The van der Waals surface area contributed by atoms with E-state index in [1.807, 2.05) is 0 Å². The fourth-order valence-electron chi connectivity index (χ4n) is 1.96. The summed E-state index contributed by atoms with van der Waals surface area (Å²) in [5.41, 5.74) is -0.613. The highest BCUT2D eigenvalue weighted by atomic mass is 79.9. The highest BCUT2D eigenvalue weighted by Crippen LogP contribution is 2.40. The number of ether oxygens (including phenoxy) is 1. The minimum Gasteiger partial charge on any atom is -0.444 e. The Morgan fingerprint density at radius 3 is 2.63 bits per heavy atom. The third-order valence-electron chi connectivity index (χ3n) is 3.01. The molecule has 146 valence electrons. The molecular formula is C17H19BrN2O4S3. The number of carbonyl (C=O) groups is 1. The van der Waals surface area contributed by atoms with E-state index in [9.17, 15) is 13.2 Å². The highest BCUT2D eigenvalue weighted by Gasteiger charge is 2.24. The number of carbonyl (C=O) groups excluding carboxylic acids is 1. The number of alkyl carbamates (subject to hydrolysis) is 1. The first-order chi connectivity index (χ1) is 12.5. The summed E-state index contributed by atoms with van der Waals surface area (Å²) >= 11 is 5.86. The molecule has 10 heteroatoms. The fourth-order valence-corrected chi connectivity index (χ4v) is 6.38. The SMILES string of the molecule is CSc1sc(/N=C/NC(=O)OC(C)(C)C)cc1S(=O)(=O)c1cccc(Br)c1. The average Bonchev–Trinajstić information content (AvgIpc) is 2.97. The lowest BCUT2D eigenvalue weighted by atomic mass is 10.2. The average molecular weight is 491 g/mol. The van der Waals surface area contributed by atoms with Crippen LogP contribution in [0.1, 0.15) is 20.8 Å². The first-order valence-corrected chi connectivity index (χ1v) is 12.1. The standard InChI is InChI=1S/C17H19BrN2O4S3/c1-17(2,3)24-16(21)20-10-19-14-9-13(15(25-4)26-14)27(22,23)12-7-5-6-11(18)8-12/h5-10H,1-4H3,(H,19,20,21). The molecule has 0 unspecified atom stereocenters. The molecule has 0 atom stereocenters. The minimum absolute atomic E-state index is 0.197. The minimum atomic E-state index is -3.68. The van der Waals surface area contributed by atoms with E-state index in [2.05, 4.69) is 26.2 Å². The van der Waals surface area contributed by atoms with Crippen LogP contribution in [0.25, 0.3) is 0 Å². The largest absolute Gasteiger partial charge is 0.444 e. The zero-order valence-electron chi connectivity index (χ0n) is 15.1. The van der Waals surface area contributed by atoms with Crippen LogP contribution < -0.4 is 5.32 Å². The van der Waals surface area contributed by atoms with Crippen molar-refractivity contribution in [3.63, 3.8) is 0 Å². The van der Waals surface area contributed by atoms with Gasteiger partial charge in [-0.15, -0.1) is 23.1 Å². The van der Waals surface area contributed by atoms with Gasteiger partial charge in [-0.2, -0.15) is 0 Å². The van der Waals surface area contributed by atoms with Gasteiger partial charge < -0.3 is 4.74 Å². The Balaban J connectivity index is 2.25. The summed E-state index contributed by atoms with van der Waals surface area (Å²) in [7, 11) is -3.68. The molecule has 6 nitrogen and oxygen atoms in total. The van der Waals surface area contributed by atoms with Gasteiger partial charge >= 0.3 is 6.09 Å². The van der Waals surface area contributed by atoms with Gasteiger partial charge in [-0.05, 0) is 51.3 Å². The number of hydrogen-bond acceptors (Lipinski definition) is 7. The zero-order valence-corrected chi connectivity index (χ0v) is 19.2. The maximum absolute atomic E-state index is 12.9. The molecule has 0 saturated carbocycles. The Bertz CT molecular complexity index is 963. The molecule has 0 spiro atoms. The lowest BCUT2D eigenvalue weighted by molar-refractivity contribution is 0.0565. The van der Waals surface area contributed by atoms with Crippen LogP contribution in [0.2, 0.25) is 0 Å². The van der Waals surface area contributed by atoms with Crippen molar-refractivity contribution in [3.8, 4) is 0 Å². The first-order valence-electron chi connectivity index (χ1n) is 7.73. The van der Waals surface area contributed by atoms with Crippen molar-refractivity contribution >= 4 is 66.3 Å². The summed E-state index contributed by atoms with van der Waals surface area (Å²) in [5, 5.41) is 2.87. The molecule has 2 aromatic rings. The lowest BCUT2D eigenvalue weighted by Gasteiger charge is -2.18. The summed E-state index contributed by atoms with van der Waals surface area (Å²) < 4.78 is 32.3. The summed E-state index contributed by atoms with van der Waals surface area (Å²) in [6.45, 7) is 5.27. The van der Waals surface area contributed by atoms with Gasteiger partial charge in [0, 0.05) is 4.47 Å². The number of thiophene rings is 1. The molecule has 0 saturated heterocycles. The normalized spacial score (nSPS) is 12.3. The van der Waals surface area contributed by atoms with Crippen LogP contribution in [-0.4, -0.2) is 32.7 Å². The second kappa shape index (κ2) is 8.76. The second-order valence-electron chi connectivity index (χ2n) is 6.31. The van der Waals surface area contributed by atoms with Crippen LogP contribution in [0.4, 0.5) is 9.80 Å².